The molecule has 286 valence electrons. The molecule has 5 atom stereocenters. The van der Waals surface area contributed by atoms with Crippen molar-refractivity contribution in [2.24, 2.45) is 23.3 Å². The van der Waals surface area contributed by atoms with E-state index >= 15 is 0 Å². The molecule has 0 bridgehead atoms. The molecule has 2 heterocycles. The van der Waals surface area contributed by atoms with Gasteiger partial charge in [-0.05, 0) is 50.4 Å². The highest BCUT2D eigenvalue weighted by atomic mass is 16.4. The molecule has 51 heavy (non-hydrogen) atoms. The van der Waals surface area contributed by atoms with Crippen molar-refractivity contribution in [3.63, 3.8) is 0 Å². The summed E-state index contributed by atoms with van der Waals surface area (Å²) < 4.78 is 0. The van der Waals surface area contributed by atoms with Gasteiger partial charge in [-0.15, -0.1) is 0 Å². The fraction of sp³-hybridized carbons (Fsp3) is 0.719. The van der Waals surface area contributed by atoms with Crippen LogP contribution in [0, 0.1) is 11.8 Å². The average molecular weight is 724 g/mol. The Hall–Kier alpha value is -4.81. The van der Waals surface area contributed by atoms with Gasteiger partial charge in [-0.1, -0.05) is 27.7 Å². The maximum Gasteiger partial charge on any atom is 0.322 e. The van der Waals surface area contributed by atoms with Crippen LogP contribution in [-0.4, -0.2) is 131 Å². The summed E-state index contributed by atoms with van der Waals surface area (Å²) in [5, 5.41) is 21.6. The zero-order chi connectivity index (χ0) is 38.4. The van der Waals surface area contributed by atoms with E-state index in [2.05, 4.69) is 26.6 Å². The van der Waals surface area contributed by atoms with Crippen LogP contribution in [0.2, 0.25) is 0 Å². The molecule has 10 N–H and O–H groups in total. The van der Waals surface area contributed by atoms with Gasteiger partial charge in [0.25, 0.3) is 0 Å². The van der Waals surface area contributed by atoms with Crippen LogP contribution in [-0.2, 0) is 43.2 Å². The number of primary amides is 1. The lowest BCUT2D eigenvalue weighted by molar-refractivity contribution is -0.143. The Labute approximate surface area is 296 Å². The Bertz CT molecular complexity index is 1320. The van der Waals surface area contributed by atoms with Gasteiger partial charge in [0, 0.05) is 19.5 Å². The molecule has 0 aromatic carbocycles. The van der Waals surface area contributed by atoms with Gasteiger partial charge in [-0.2, -0.15) is 0 Å². The summed E-state index contributed by atoms with van der Waals surface area (Å²) in [6, 6.07) is -5.46. The summed E-state index contributed by atoms with van der Waals surface area (Å²) in [5.74, 6) is -6.91. The van der Waals surface area contributed by atoms with Crippen molar-refractivity contribution in [2.75, 3.05) is 32.7 Å². The highest BCUT2D eigenvalue weighted by Crippen LogP contribution is 2.21. The maximum absolute atomic E-state index is 13.7. The maximum atomic E-state index is 13.7. The van der Waals surface area contributed by atoms with E-state index in [1.54, 1.807) is 13.8 Å². The van der Waals surface area contributed by atoms with E-state index in [9.17, 15) is 43.2 Å². The molecule has 0 spiro atoms. The van der Waals surface area contributed by atoms with Crippen molar-refractivity contribution in [1.29, 1.82) is 0 Å². The molecule has 0 aliphatic carbocycles. The van der Waals surface area contributed by atoms with Crippen LogP contribution >= 0.6 is 0 Å². The number of amides is 8. The lowest BCUT2D eigenvalue weighted by Gasteiger charge is -2.31. The number of rotatable bonds is 19. The number of nitrogens with two attached hydrogens (primary N) is 2. The lowest BCUT2D eigenvalue weighted by Crippen LogP contribution is -2.60. The third-order valence-electron chi connectivity index (χ3n) is 8.63. The molecule has 0 saturated carbocycles. The number of nitrogens with one attached hydrogen (secondary N) is 5. The molecule has 19 heteroatoms. The molecule has 8 amide bonds. The van der Waals surface area contributed by atoms with Crippen LogP contribution in [0.25, 0.3) is 0 Å². The minimum absolute atomic E-state index is 0.0722. The topological polar surface area (TPSA) is 293 Å². The molecule has 2 rings (SSSR count). The van der Waals surface area contributed by atoms with Crippen LogP contribution in [0.4, 0.5) is 0 Å². The summed E-state index contributed by atoms with van der Waals surface area (Å²) in [6.07, 6.45) is 1.30. The number of aliphatic carboxylic acids is 1. The highest BCUT2D eigenvalue weighted by molar-refractivity contribution is 5.97. The number of hydrogen-bond acceptors (Lipinski definition) is 10. The van der Waals surface area contributed by atoms with Gasteiger partial charge in [0.15, 0.2) is 0 Å². The molecule has 19 nitrogen and oxygen atoms in total. The summed E-state index contributed by atoms with van der Waals surface area (Å²) in [7, 11) is 0. The molecule has 2 fully saturated rings. The van der Waals surface area contributed by atoms with Crippen LogP contribution in [0.1, 0.15) is 72.6 Å². The Morgan fingerprint density at radius 1 is 0.765 bits per heavy atom. The number of carboxylic acids is 1. The average Bonchev–Trinajstić information content (AvgIpc) is 3.76. The first kappa shape index (κ1) is 42.4. The molecule has 2 aliphatic heterocycles. The third-order valence-corrected chi connectivity index (χ3v) is 8.63. The second-order valence-electron chi connectivity index (χ2n) is 13.5. The predicted octanol–water partition coefficient (Wildman–Crippen LogP) is -3.33. The summed E-state index contributed by atoms with van der Waals surface area (Å²) in [4.78, 5) is 117. The van der Waals surface area contributed by atoms with Crippen LogP contribution in [0.15, 0.2) is 0 Å². The molecule has 0 aromatic rings. The second kappa shape index (κ2) is 20.1. The summed E-state index contributed by atoms with van der Waals surface area (Å²) in [6.45, 7) is 6.18. The molecule has 0 radical (unpaired) electrons. The number of nitrogens with zero attached hydrogens (tertiary/aromatic N) is 2. The Balaban J connectivity index is 2.20. The quantitative estimate of drug-likeness (QED) is 0.0652. The van der Waals surface area contributed by atoms with Crippen LogP contribution in [0.3, 0.4) is 0 Å². The second-order valence-corrected chi connectivity index (χ2v) is 13.5. The fourth-order valence-electron chi connectivity index (χ4n) is 6.03. The molecular formula is C32H53N9O10. The number of hydrogen-bond donors (Lipinski definition) is 8. The third kappa shape index (κ3) is 13.1. The van der Waals surface area contributed by atoms with Crippen molar-refractivity contribution < 1.29 is 48.3 Å². The molecule has 0 unspecified atom stereocenters. The zero-order valence-corrected chi connectivity index (χ0v) is 29.7. The summed E-state index contributed by atoms with van der Waals surface area (Å²) in [5.41, 5.74) is 10.6. The van der Waals surface area contributed by atoms with Crippen LogP contribution < -0.4 is 38.1 Å². The van der Waals surface area contributed by atoms with Gasteiger partial charge in [-0.25, -0.2) is 0 Å². The Morgan fingerprint density at radius 2 is 1.37 bits per heavy atom. The van der Waals surface area contributed by atoms with E-state index in [1.807, 2.05) is 13.8 Å². The molecule has 2 aliphatic rings. The Kier molecular flexibility index (Phi) is 16.7. The molecule has 2 saturated heterocycles. The fourth-order valence-corrected chi connectivity index (χ4v) is 6.03. The van der Waals surface area contributed by atoms with Gasteiger partial charge in [-0.3, -0.25) is 43.2 Å². The lowest BCUT2D eigenvalue weighted by atomic mass is 9.99. The first-order valence-electron chi connectivity index (χ1n) is 17.2. The van der Waals surface area contributed by atoms with E-state index in [4.69, 9.17) is 16.6 Å². The molecular weight excluding hydrogens is 670 g/mol. The van der Waals surface area contributed by atoms with Gasteiger partial charge in [0.05, 0.1) is 13.1 Å². The van der Waals surface area contributed by atoms with Crippen molar-refractivity contribution in [1.82, 2.24) is 36.4 Å². The van der Waals surface area contributed by atoms with Gasteiger partial charge in [0.2, 0.25) is 47.3 Å². The standard InChI is InChI=1S/C32H53N9O10/c1-17(2)13-20(38-30(49)22-8-5-11-40(22)25(44)15-35-24(43)14-33)28(47)39-27(18(3)4)31(50)37-19(9-10-23(34)42)32(51)41-12-6-7-21(41)29(48)36-16-26(45)46/h17-22,27H,5-16,33H2,1-4H3,(H2,34,42)(H,35,43)(H,36,48)(H,37,50)(H,38,49)(H,39,47)(H,45,46)/t19-,20-,21-,22-,27-/m0/s1. The first-order valence-corrected chi connectivity index (χ1v) is 17.2. The van der Waals surface area contributed by atoms with Crippen molar-refractivity contribution in [3.8, 4) is 0 Å². The summed E-state index contributed by atoms with van der Waals surface area (Å²) >= 11 is 0. The number of carbonyl (C=O) groups excluding carboxylic acids is 8. The van der Waals surface area contributed by atoms with Gasteiger partial charge < -0.3 is 53.0 Å². The van der Waals surface area contributed by atoms with Crippen molar-refractivity contribution in [3.05, 3.63) is 0 Å². The first-order chi connectivity index (χ1) is 24.0. The van der Waals surface area contributed by atoms with E-state index < -0.39 is 95.9 Å². The van der Waals surface area contributed by atoms with E-state index in [-0.39, 0.29) is 57.8 Å². The van der Waals surface area contributed by atoms with Crippen molar-refractivity contribution >= 4 is 53.2 Å². The smallest absolute Gasteiger partial charge is 0.322 e. The minimum atomic E-state index is -1.30. The Morgan fingerprint density at radius 3 is 1.92 bits per heavy atom. The van der Waals surface area contributed by atoms with Crippen LogP contribution in [0.5, 0.6) is 0 Å². The monoisotopic (exact) mass is 723 g/mol. The SMILES string of the molecule is CC(C)C[C@H](NC(=O)[C@@H]1CCCN1C(=O)CNC(=O)CN)C(=O)N[C@H](C(=O)N[C@@H](CCC(N)=O)C(=O)N1CCC[C@H]1C(=O)NCC(=O)O)C(C)C. The van der Waals surface area contributed by atoms with Gasteiger partial charge in [0.1, 0.15) is 36.8 Å². The zero-order valence-electron chi connectivity index (χ0n) is 29.7. The van der Waals surface area contributed by atoms with Gasteiger partial charge >= 0.3 is 5.97 Å². The van der Waals surface area contributed by atoms with E-state index in [1.165, 1.54) is 9.80 Å². The largest absolute Gasteiger partial charge is 0.480 e. The highest BCUT2D eigenvalue weighted by Gasteiger charge is 2.40. The number of carbonyl (C=O) groups is 9. The number of likely N-dealkylation sites (tertiary alicyclic amines) is 2. The molecule has 0 aromatic heterocycles. The van der Waals surface area contributed by atoms with Crippen molar-refractivity contribution in [2.45, 2.75) is 103 Å². The van der Waals surface area contributed by atoms with E-state index in [0.717, 1.165) is 0 Å². The minimum Gasteiger partial charge on any atom is -0.480 e. The normalized spacial score (nSPS) is 18.8. The number of carboxylic acid groups (broad SMARTS) is 1. The predicted molar refractivity (Wildman–Crippen MR) is 181 cm³/mol. The van der Waals surface area contributed by atoms with E-state index in [0.29, 0.717) is 19.3 Å².